The molecule has 0 aliphatic rings. The molecule has 2 N–H and O–H groups in total. The number of amides is 1. The third kappa shape index (κ3) is 3.71. The highest BCUT2D eigenvalue weighted by molar-refractivity contribution is 6.44. The van der Waals surface area contributed by atoms with Crippen LogP contribution >= 0.6 is 0 Å². The van der Waals surface area contributed by atoms with Gasteiger partial charge < -0.3 is 15.3 Å². The number of hydrogen-bond donors (Lipinski definition) is 2. The van der Waals surface area contributed by atoms with Crippen molar-refractivity contribution in [2.45, 2.75) is 6.92 Å². The van der Waals surface area contributed by atoms with Gasteiger partial charge in [-0.2, -0.15) is 0 Å². The van der Waals surface area contributed by atoms with Crippen molar-refractivity contribution in [1.29, 1.82) is 0 Å². The maximum Gasteiger partial charge on any atom is 0.273 e. The van der Waals surface area contributed by atoms with E-state index < -0.39 is 0 Å². The van der Waals surface area contributed by atoms with Crippen LogP contribution in [0.5, 0.6) is 0 Å². The molecule has 0 aliphatic heterocycles. The lowest BCUT2D eigenvalue weighted by Gasteiger charge is -2.03. The van der Waals surface area contributed by atoms with Crippen molar-refractivity contribution in [1.82, 2.24) is 5.32 Å². The topological polar surface area (TPSA) is 70.9 Å². The summed E-state index contributed by atoms with van der Waals surface area (Å²) in [5.74, 6) is -0.343. The molecule has 0 saturated carbocycles. The highest BCUT2D eigenvalue weighted by atomic mass is 16.6. The minimum atomic E-state index is -0.343. The summed E-state index contributed by atoms with van der Waals surface area (Å²) in [5, 5.41) is 14.6. The van der Waals surface area contributed by atoms with Crippen molar-refractivity contribution >= 4 is 11.6 Å². The number of nitrogens with one attached hydrogen (secondary N) is 1. The summed E-state index contributed by atoms with van der Waals surface area (Å²) in [6.45, 7) is 1.54. The van der Waals surface area contributed by atoms with Gasteiger partial charge >= 0.3 is 0 Å². The number of rotatable bonds is 4. The normalized spacial score (nSPS) is 12.6. The van der Waals surface area contributed by atoms with Gasteiger partial charge in [0.1, 0.15) is 7.11 Å². The van der Waals surface area contributed by atoms with Crippen LogP contribution in [-0.2, 0) is 9.63 Å². The fourth-order valence-corrected chi connectivity index (χ4v) is 0.736. The second-order valence-corrected chi connectivity index (χ2v) is 2.27. The van der Waals surface area contributed by atoms with E-state index in [2.05, 4.69) is 15.3 Å². The van der Waals surface area contributed by atoms with Crippen LogP contribution in [0.3, 0.4) is 0 Å². The van der Waals surface area contributed by atoms with Gasteiger partial charge in [0.15, 0.2) is 5.71 Å². The van der Waals surface area contributed by atoms with E-state index in [-0.39, 0.29) is 18.2 Å². The summed E-state index contributed by atoms with van der Waals surface area (Å²) < 4.78 is 0. The van der Waals surface area contributed by atoms with Gasteiger partial charge in [-0.3, -0.25) is 4.79 Å². The van der Waals surface area contributed by atoms with E-state index in [4.69, 9.17) is 5.11 Å². The van der Waals surface area contributed by atoms with Crippen LogP contribution in [0.15, 0.2) is 16.8 Å². The molecule has 0 aromatic heterocycles. The van der Waals surface area contributed by atoms with Gasteiger partial charge in [0, 0.05) is 7.05 Å². The molecule has 0 bridgehead atoms. The Bertz CT molecular complexity index is 234. The monoisotopic (exact) mass is 186 g/mol. The van der Waals surface area contributed by atoms with Gasteiger partial charge in [0.05, 0.1) is 6.61 Å². The van der Waals surface area contributed by atoms with E-state index in [9.17, 15) is 4.79 Å². The van der Waals surface area contributed by atoms with E-state index >= 15 is 0 Å². The molecule has 5 nitrogen and oxygen atoms in total. The summed E-state index contributed by atoms with van der Waals surface area (Å²) >= 11 is 0. The number of aliphatic hydroxyl groups excluding tert-OH is 1. The molecule has 0 spiro atoms. The summed E-state index contributed by atoms with van der Waals surface area (Å²) in [6, 6.07) is 0. The van der Waals surface area contributed by atoms with Crippen molar-refractivity contribution in [3.05, 3.63) is 11.6 Å². The molecule has 0 rings (SSSR count). The van der Waals surface area contributed by atoms with Crippen molar-refractivity contribution in [3.63, 3.8) is 0 Å². The standard InChI is InChI=1S/C8H14N2O3/c1-6(4-5-11)7(10-13-3)8(12)9-2/h4,11H,5H2,1-3H3,(H,9,12). The maximum absolute atomic E-state index is 11.2. The lowest BCUT2D eigenvalue weighted by Crippen LogP contribution is -2.28. The predicted molar refractivity (Wildman–Crippen MR) is 49.4 cm³/mol. The van der Waals surface area contributed by atoms with Gasteiger partial charge in [0.2, 0.25) is 0 Å². The number of aliphatic hydroxyl groups is 1. The highest BCUT2D eigenvalue weighted by Crippen LogP contribution is 1.97. The number of hydrogen-bond acceptors (Lipinski definition) is 4. The molecule has 5 heteroatoms. The van der Waals surface area contributed by atoms with Crippen LogP contribution in [0.1, 0.15) is 6.92 Å². The van der Waals surface area contributed by atoms with Crippen molar-refractivity contribution in [3.8, 4) is 0 Å². The number of nitrogens with zero attached hydrogens (tertiary/aromatic N) is 1. The summed E-state index contributed by atoms with van der Waals surface area (Å²) in [7, 11) is 2.86. The molecule has 13 heavy (non-hydrogen) atoms. The van der Waals surface area contributed by atoms with Gasteiger partial charge in [-0.25, -0.2) is 0 Å². The quantitative estimate of drug-likeness (QED) is 0.466. The molecule has 0 unspecified atom stereocenters. The molecular formula is C8H14N2O3. The first-order chi connectivity index (χ1) is 6.17. The lowest BCUT2D eigenvalue weighted by atomic mass is 10.1. The second-order valence-electron chi connectivity index (χ2n) is 2.27. The average molecular weight is 186 g/mol. The smallest absolute Gasteiger partial charge is 0.273 e. The number of carbonyl (C=O) groups is 1. The molecule has 0 atom stereocenters. The number of carbonyl (C=O) groups excluding carboxylic acids is 1. The van der Waals surface area contributed by atoms with Crippen LogP contribution in [-0.4, -0.2) is 37.5 Å². The fourth-order valence-electron chi connectivity index (χ4n) is 0.736. The zero-order valence-electron chi connectivity index (χ0n) is 8.00. The van der Waals surface area contributed by atoms with Crippen LogP contribution in [0.2, 0.25) is 0 Å². The molecular weight excluding hydrogens is 172 g/mol. The van der Waals surface area contributed by atoms with Crippen LogP contribution in [0.4, 0.5) is 0 Å². The lowest BCUT2D eigenvalue weighted by molar-refractivity contribution is -0.114. The Morgan fingerprint density at radius 1 is 1.69 bits per heavy atom. The molecule has 0 aromatic carbocycles. The molecule has 0 aromatic rings. The van der Waals surface area contributed by atoms with Gasteiger partial charge in [-0.15, -0.1) is 0 Å². The van der Waals surface area contributed by atoms with E-state index in [1.165, 1.54) is 20.2 Å². The van der Waals surface area contributed by atoms with Crippen molar-refractivity contribution < 1.29 is 14.7 Å². The average Bonchev–Trinajstić information content (AvgIpc) is 2.13. The zero-order valence-corrected chi connectivity index (χ0v) is 8.00. The second kappa shape index (κ2) is 6.19. The summed E-state index contributed by atoms with van der Waals surface area (Å²) in [5.41, 5.74) is 0.739. The molecule has 0 saturated heterocycles. The summed E-state index contributed by atoms with van der Waals surface area (Å²) in [4.78, 5) is 15.7. The minimum absolute atomic E-state index is 0.133. The zero-order chi connectivity index (χ0) is 10.3. The Morgan fingerprint density at radius 3 is 2.69 bits per heavy atom. The van der Waals surface area contributed by atoms with Gasteiger partial charge in [0.25, 0.3) is 5.91 Å². The van der Waals surface area contributed by atoms with E-state index in [0.29, 0.717) is 5.57 Å². The molecule has 1 amide bonds. The van der Waals surface area contributed by atoms with Crippen molar-refractivity contribution in [2.75, 3.05) is 20.8 Å². The Balaban J connectivity index is 4.72. The van der Waals surface area contributed by atoms with E-state index in [0.717, 1.165) is 0 Å². The van der Waals surface area contributed by atoms with E-state index in [1.54, 1.807) is 6.92 Å². The highest BCUT2D eigenvalue weighted by Gasteiger charge is 2.11. The fraction of sp³-hybridized carbons (Fsp3) is 0.500. The Labute approximate surface area is 77.1 Å². The Kier molecular flexibility index (Phi) is 5.54. The Morgan fingerprint density at radius 2 is 2.31 bits per heavy atom. The van der Waals surface area contributed by atoms with Crippen LogP contribution in [0.25, 0.3) is 0 Å². The molecule has 0 fully saturated rings. The van der Waals surface area contributed by atoms with Crippen LogP contribution < -0.4 is 5.32 Å². The van der Waals surface area contributed by atoms with Gasteiger partial charge in [-0.05, 0) is 12.5 Å². The first kappa shape index (κ1) is 11.6. The molecule has 0 radical (unpaired) electrons. The first-order valence-corrected chi connectivity index (χ1v) is 3.78. The van der Waals surface area contributed by atoms with E-state index in [1.807, 2.05) is 0 Å². The predicted octanol–water partition coefficient (Wildman–Crippen LogP) is -0.327. The third-order valence-corrected chi connectivity index (χ3v) is 1.40. The van der Waals surface area contributed by atoms with Crippen molar-refractivity contribution in [2.24, 2.45) is 5.16 Å². The van der Waals surface area contributed by atoms with Gasteiger partial charge in [-0.1, -0.05) is 11.2 Å². The number of oxime groups is 1. The maximum atomic E-state index is 11.2. The molecule has 0 heterocycles. The first-order valence-electron chi connectivity index (χ1n) is 3.78. The van der Waals surface area contributed by atoms with Crippen LogP contribution in [0, 0.1) is 0 Å². The Hall–Kier alpha value is -1.36. The third-order valence-electron chi connectivity index (χ3n) is 1.40. The molecule has 74 valence electrons. The minimum Gasteiger partial charge on any atom is -0.398 e. The molecule has 0 aliphatic carbocycles. The summed E-state index contributed by atoms with van der Waals surface area (Å²) in [6.07, 6.45) is 1.48. The largest absolute Gasteiger partial charge is 0.398 e. The SMILES string of the molecule is CNC(=O)C(=NOC)C(C)=CCO.